The second-order valence-electron chi connectivity index (χ2n) is 2.11. The molecule has 0 heterocycles. The molecule has 2 heteroatoms. The average Bonchev–Trinajstić information content (AvgIpc) is 1.89. The first-order valence-electron chi connectivity index (χ1n) is 3.69. The standard InChI is InChI=1S/C7H17NSe/c1-2-3-6-9-7-4-5-8/h2-8H2,1H3. The van der Waals surface area contributed by atoms with E-state index in [0.717, 1.165) is 21.5 Å². The predicted molar refractivity (Wildman–Crippen MR) is 43.9 cm³/mol. The van der Waals surface area contributed by atoms with Gasteiger partial charge in [0.25, 0.3) is 0 Å². The predicted octanol–water partition coefficient (Wildman–Crippen LogP) is 1.68. The molecule has 2 N–H and O–H groups in total. The van der Waals surface area contributed by atoms with E-state index in [0.29, 0.717) is 0 Å². The van der Waals surface area contributed by atoms with Crippen molar-refractivity contribution in [2.45, 2.75) is 36.8 Å². The molecule has 0 bridgehead atoms. The Morgan fingerprint density at radius 3 is 2.44 bits per heavy atom. The molecule has 0 rings (SSSR count). The summed E-state index contributed by atoms with van der Waals surface area (Å²) in [4.78, 5) is 0. The van der Waals surface area contributed by atoms with Crippen LogP contribution < -0.4 is 5.73 Å². The molecular weight excluding hydrogens is 177 g/mol. The molecule has 1 nitrogen and oxygen atoms in total. The van der Waals surface area contributed by atoms with Gasteiger partial charge in [-0.1, -0.05) is 0 Å². The number of hydrogen-bond acceptors (Lipinski definition) is 1. The van der Waals surface area contributed by atoms with Crippen molar-refractivity contribution in [2.24, 2.45) is 5.73 Å². The van der Waals surface area contributed by atoms with Crippen LogP contribution in [0.15, 0.2) is 0 Å². The monoisotopic (exact) mass is 195 g/mol. The molecule has 0 saturated heterocycles. The normalized spacial score (nSPS) is 10.0. The van der Waals surface area contributed by atoms with Gasteiger partial charge in [0.1, 0.15) is 0 Å². The van der Waals surface area contributed by atoms with E-state index >= 15 is 0 Å². The van der Waals surface area contributed by atoms with Crippen LogP contribution in [0, 0.1) is 0 Å². The van der Waals surface area contributed by atoms with Crippen LogP contribution in [0.1, 0.15) is 26.2 Å². The Bertz CT molecular complexity index is 42.2. The fourth-order valence-electron chi connectivity index (χ4n) is 0.534. The van der Waals surface area contributed by atoms with Crippen molar-refractivity contribution in [3.05, 3.63) is 0 Å². The van der Waals surface area contributed by atoms with Crippen LogP contribution in [0.3, 0.4) is 0 Å². The molecule has 0 aliphatic carbocycles. The van der Waals surface area contributed by atoms with E-state index in [1.54, 1.807) is 0 Å². The first kappa shape index (κ1) is 9.48. The fourth-order valence-corrected chi connectivity index (χ4v) is 2.77. The van der Waals surface area contributed by atoms with Gasteiger partial charge >= 0.3 is 64.1 Å². The van der Waals surface area contributed by atoms with Crippen molar-refractivity contribution >= 4 is 15.0 Å². The molecule has 0 aromatic rings. The van der Waals surface area contributed by atoms with Crippen LogP contribution in [0.4, 0.5) is 0 Å². The molecule has 0 aliphatic heterocycles. The summed E-state index contributed by atoms with van der Waals surface area (Å²) >= 11 is 0.898. The summed E-state index contributed by atoms with van der Waals surface area (Å²) in [6.07, 6.45) is 4.01. The Morgan fingerprint density at radius 2 is 1.89 bits per heavy atom. The van der Waals surface area contributed by atoms with Crippen LogP contribution >= 0.6 is 0 Å². The van der Waals surface area contributed by atoms with Crippen LogP contribution in [0.25, 0.3) is 0 Å². The summed E-state index contributed by atoms with van der Waals surface area (Å²) in [5.41, 5.74) is 5.35. The van der Waals surface area contributed by atoms with Gasteiger partial charge in [-0.3, -0.25) is 0 Å². The Labute approximate surface area is 64.5 Å². The van der Waals surface area contributed by atoms with Crippen molar-refractivity contribution in [3.8, 4) is 0 Å². The second-order valence-corrected chi connectivity index (χ2v) is 4.68. The van der Waals surface area contributed by atoms with Gasteiger partial charge in [0.15, 0.2) is 0 Å². The summed E-state index contributed by atoms with van der Waals surface area (Å²) < 4.78 is 0. The van der Waals surface area contributed by atoms with Crippen molar-refractivity contribution < 1.29 is 0 Å². The molecule has 0 spiro atoms. The Morgan fingerprint density at radius 1 is 1.22 bits per heavy atom. The Balaban J connectivity index is 2.60. The molecule has 0 fully saturated rings. The molecule has 0 radical (unpaired) electrons. The Hall–Kier alpha value is 0.479. The minimum atomic E-state index is 0.883. The average molecular weight is 194 g/mol. The summed E-state index contributed by atoms with van der Waals surface area (Å²) in [5, 5.41) is 2.85. The molecule has 9 heavy (non-hydrogen) atoms. The van der Waals surface area contributed by atoms with E-state index in [1.807, 2.05) is 0 Å². The molecule has 0 aromatic carbocycles. The molecule has 0 saturated carbocycles. The molecule has 0 amide bonds. The molecule has 0 aromatic heterocycles. The maximum absolute atomic E-state index is 5.35. The van der Waals surface area contributed by atoms with Crippen molar-refractivity contribution in [1.82, 2.24) is 0 Å². The zero-order chi connectivity index (χ0) is 6.95. The van der Waals surface area contributed by atoms with Crippen molar-refractivity contribution in [1.29, 1.82) is 0 Å². The SMILES string of the molecule is CCCC[Se]CCCN. The molecule has 0 unspecified atom stereocenters. The Kier molecular flexibility index (Phi) is 8.93. The summed E-state index contributed by atoms with van der Waals surface area (Å²) in [6, 6.07) is 0. The van der Waals surface area contributed by atoms with Crippen LogP contribution in [-0.4, -0.2) is 21.5 Å². The number of hydrogen-bond donors (Lipinski definition) is 1. The van der Waals surface area contributed by atoms with Gasteiger partial charge in [0.05, 0.1) is 0 Å². The third kappa shape index (κ3) is 8.48. The van der Waals surface area contributed by atoms with E-state index in [4.69, 9.17) is 5.73 Å². The van der Waals surface area contributed by atoms with E-state index in [-0.39, 0.29) is 0 Å². The van der Waals surface area contributed by atoms with E-state index in [2.05, 4.69) is 6.92 Å². The first-order chi connectivity index (χ1) is 4.41. The van der Waals surface area contributed by atoms with Gasteiger partial charge in [-0.15, -0.1) is 0 Å². The van der Waals surface area contributed by atoms with E-state index in [9.17, 15) is 0 Å². The maximum atomic E-state index is 5.35. The van der Waals surface area contributed by atoms with Gasteiger partial charge in [0, 0.05) is 0 Å². The minimum absolute atomic E-state index is 0.883. The van der Waals surface area contributed by atoms with Crippen LogP contribution in [0.2, 0.25) is 10.6 Å². The first-order valence-corrected chi connectivity index (χ1v) is 6.12. The van der Waals surface area contributed by atoms with E-state index in [1.165, 1.54) is 29.9 Å². The van der Waals surface area contributed by atoms with Gasteiger partial charge in [-0.25, -0.2) is 0 Å². The molecule has 56 valence electrons. The zero-order valence-electron chi connectivity index (χ0n) is 6.23. The van der Waals surface area contributed by atoms with Crippen LogP contribution in [0.5, 0.6) is 0 Å². The fraction of sp³-hybridized carbons (Fsp3) is 1.00. The topological polar surface area (TPSA) is 26.0 Å². The molecular formula is C7H17NSe. The molecule has 0 atom stereocenters. The zero-order valence-corrected chi connectivity index (χ0v) is 7.94. The molecule has 0 aliphatic rings. The van der Waals surface area contributed by atoms with Crippen LogP contribution in [-0.2, 0) is 0 Å². The summed E-state index contributed by atoms with van der Waals surface area (Å²) in [6.45, 7) is 3.13. The number of nitrogens with two attached hydrogens (primary N) is 1. The third-order valence-corrected chi connectivity index (χ3v) is 3.56. The quantitative estimate of drug-likeness (QED) is 0.505. The van der Waals surface area contributed by atoms with Gasteiger partial charge in [0.2, 0.25) is 0 Å². The van der Waals surface area contributed by atoms with Crippen molar-refractivity contribution in [2.75, 3.05) is 6.54 Å². The number of unbranched alkanes of at least 4 members (excludes halogenated alkanes) is 1. The third-order valence-electron chi connectivity index (χ3n) is 1.14. The van der Waals surface area contributed by atoms with Gasteiger partial charge in [-0.05, 0) is 0 Å². The van der Waals surface area contributed by atoms with E-state index < -0.39 is 0 Å². The van der Waals surface area contributed by atoms with Gasteiger partial charge in [-0.2, -0.15) is 0 Å². The second kappa shape index (κ2) is 8.48. The summed E-state index contributed by atoms with van der Waals surface area (Å²) in [5.74, 6) is 0. The summed E-state index contributed by atoms with van der Waals surface area (Å²) in [7, 11) is 0. The number of rotatable bonds is 6. The van der Waals surface area contributed by atoms with Crippen molar-refractivity contribution in [3.63, 3.8) is 0 Å². The van der Waals surface area contributed by atoms with Gasteiger partial charge < -0.3 is 0 Å².